The number of nitrogens with one attached hydrogen (secondary N) is 1. The van der Waals surface area contributed by atoms with Crippen molar-refractivity contribution in [2.75, 3.05) is 19.0 Å². The fourth-order valence-electron chi connectivity index (χ4n) is 3.32. The van der Waals surface area contributed by atoms with E-state index in [1.165, 1.54) is 0 Å². The number of anilines is 1. The molecule has 24 heavy (non-hydrogen) atoms. The van der Waals surface area contributed by atoms with Crippen LogP contribution in [-0.2, 0) is 0 Å². The molecule has 128 valence electrons. The molecule has 1 aliphatic rings. The molecule has 1 heterocycles. The van der Waals surface area contributed by atoms with Gasteiger partial charge in [0.05, 0.1) is 5.69 Å². The molecule has 1 fully saturated rings. The van der Waals surface area contributed by atoms with Gasteiger partial charge in [0.2, 0.25) is 0 Å². The van der Waals surface area contributed by atoms with Crippen molar-refractivity contribution >= 4 is 23.1 Å². The van der Waals surface area contributed by atoms with E-state index in [1.54, 1.807) is 11.3 Å². The quantitative estimate of drug-likeness (QED) is 0.862. The summed E-state index contributed by atoms with van der Waals surface area (Å²) in [7, 11) is 1.87. The third-order valence-electron chi connectivity index (χ3n) is 4.90. The normalized spacial score (nSPS) is 20.6. The van der Waals surface area contributed by atoms with Crippen LogP contribution in [0.1, 0.15) is 25.7 Å². The molecule has 0 saturated heterocycles. The number of para-hydroxylation sites is 1. The maximum atomic E-state index is 12.7. The lowest BCUT2D eigenvalue weighted by Crippen LogP contribution is -2.42. The third-order valence-corrected chi connectivity index (χ3v) is 5.80. The Hall–Kier alpha value is -1.85. The summed E-state index contributed by atoms with van der Waals surface area (Å²) in [4.78, 5) is 15.6. The summed E-state index contributed by atoms with van der Waals surface area (Å²) in [6, 6.07) is 12.2. The highest BCUT2D eigenvalue weighted by Gasteiger charge is 2.26. The summed E-state index contributed by atoms with van der Waals surface area (Å²) < 4.78 is 0. The van der Waals surface area contributed by atoms with Crippen molar-refractivity contribution in [1.29, 1.82) is 0 Å². The Morgan fingerprint density at radius 3 is 2.62 bits per heavy atom. The van der Waals surface area contributed by atoms with Crippen molar-refractivity contribution in [2.24, 2.45) is 5.92 Å². The van der Waals surface area contributed by atoms with Crippen molar-refractivity contribution in [3.05, 3.63) is 41.8 Å². The number of aliphatic hydroxyl groups excluding tert-OH is 1. The van der Waals surface area contributed by atoms with Crippen LogP contribution in [0.25, 0.3) is 10.4 Å². The van der Waals surface area contributed by atoms with Crippen LogP contribution >= 0.6 is 11.3 Å². The van der Waals surface area contributed by atoms with E-state index in [-0.39, 0.29) is 18.7 Å². The maximum absolute atomic E-state index is 12.7. The number of hydrogen-bond donors (Lipinski definition) is 2. The molecule has 1 aliphatic carbocycles. The highest BCUT2D eigenvalue weighted by molar-refractivity contribution is 7.13. The number of aliphatic hydroxyl groups is 1. The van der Waals surface area contributed by atoms with E-state index in [0.29, 0.717) is 5.92 Å². The Bertz CT molecular complexity index is 664. The first-order valence-electron chi connectivity index (χ1n) is 8.46. The summed E-state index contributed by atoms with van der Waals surface area (Å²) in [5.74, 6) is 0.400. The van der Waals surface area contributed by atoms with Crippen LogP contribution in [0.3, 0.4) is 0 Å². The van der Waals surface area contributed by atoms with E-state index in [0.717, 1.165) is 41.8 Å². The van der Waals surface area contributed by atoms with Crippen molar-refractivity contribution in [2.45, 2.75) is 31.7 Å². The number of amides is 2. The third kappa shape index (κ3) is 3.79. The van der Waals surface area contributed by atoms with E-state index in [4.69, 9.17) is 0 Å². The van der Waals surface area contributed by atoms with Crippen LogP contribution in [0.4, 0.5) is 10.5 Å². The topological polar surface area (TPSA) is 52.6 Å². The summed E-state index contributed by atoms with van der Waals surface area (Å²) in [6.45, 7) is 0.261. The molecule has 0 spiro atoms. The second-order valence-electron chi connectivity index (χ2n) is 6.42. The van der Waals surface area contributed by atoms with Crippen LogP contribution in [-0.4, -0.2) is 35.7 Å². The number of nitrogens with zero attached hydrogens (tertiary/aromatic N) is 1. The molecule has 0 aliphatic heterocycles. The van der Waals surface area contributed by atoms with E-state index < -0.39 is 0 Å². The van der Waals surface area contributed by atoms with Crippen molar-refractivity contribution in [1.82, 2.24) is 4.90 Å². The SMILES string of the molecule is CN(C(=O)Nc1ccccc1-c1cccs1)C1CCC(CO)CC1. The lowest BCUT2D eigenvalue weighted by Gasteiger charge is -2.34. The Balaban J connectivity index is 1.67. The fourth-order valence-corrected chi connectivity index (χ4v) is 4.09. The summed E-state index contributed by atoms with van der Waals surface area (Å²) in [6.07, 6.45) is 3.90. The zero-order valence-electron chi connectivity index (χ0n) is 13.9. The summed E-state index contributed by atoms with van der Waals surface area (Å²) in [5.41, 5.74) is 1.90. The molecule has 0 bridgehead atoms. The molecule has 2 N–H and O–H groups in total. The molecule has 1 aromatic heterocycles. The molecule has 2 aromatic rings. The Morgan fingerprint density at radius 2 is 1.96 bits per heavy atom. The average Bonchev–Trinajstić information content (AvgIpc) is 3.16. The van der Waals surface area contributed by atoms with Crippen molar-refractivity contribution in [3.63, 3.8) is 0 Å². The van der Waals surface area contributed by atoms with E-state index >= 15 is 0 Å². The number of benzene rings is 1. The van der Waals surface area contributed by atoms with Gasteiger partial charge in [-0.3, -0.25) is 0 Å². The predicted octanol–water partition coefficient (Wildman–Crippen LogP) is 4.43. The van der Waals surface area contributed by atoms with Gasteiger partial charge in [0.1, 0.15) is 0 Å². The lowest BCUT2D eigenvalue weighted by molar-refractivity contribution is 0.139. The minimum absolute atomic E-state index is 0.0635. The highest BCUT2D eigenvalue weighted by Crippen LogP contribution is 2.32. The zero-order chi connectivity index (χ0) is 16.9. The van der Waals surface area contributed by atoms with Gasteiger partial charge in [-0.25, -0.2) is 4.79 Å². The number of hydrogen-bond acceptors (Lipinski definition) is 3. The van der Waals surface area contributed by atoms with Crippen LogP contribution in [0.15, 0.2) is 41.8 Å². The molecule has 1 saturated carbocycles. The highest BCUT2D eigenvalue weighted by atomic mass is 32.1. The van der Waals surface area contributed by atoms with Crippen LogP contribution in [0.5, 0.6) is 0 Å². The van der Waals surface area contributed by atoms with Gasteiger partial charge in [-0.05, 0) is 49.1 Å². The number of carbonyl (C=O) groups excluding carboxylic acids is 1. The van der Waals surface area contributed by atoms with Crippen LogP contribution in [0, 0.1) is 5.92 Å². The first-order chi connectivity index (χ1) is 11.7. The van der Waals surface area contributed by atoms with Crippen LogP contribution in [0.2, 0.25) is 0 Å². The number of rotatable bonds is 4. The standard InChI is InChI=1S/C19H24N2O2S/c1-21(15-10-8-14(13-22)9-11-15)19(23)20-17-6-3-2-5-16(17)18-7-4-12-24-18/h2-7,12,14-15,22H,8-11,13H2,1H3,(H,20,23). The minimum atomic E-state index is -0.0635. The van der Waals surface area contributed by atoms with E-state index in [2.05, 4.69) is 11.4 Å². The number of thiophene rings is 1. The molecule has 3 rings (SSSR count). The second-order valence-corrected chi connectivity index (χ2v) is 7.37. The Kier molecular flexibility index (Phi) is 5.53. The fraction of sp³-hybridized carbons (Fsp3) is 0.421. The van der Waals surface area contributed by atoms with Crippen molar-refractivity contribution in [3.8, 4) is 10.4 Å². The minimum Gasteiger partial charge on any atom is -0.396 e. The first-order valence-corrected chi connectivity index (χ1v) is 9.34. The maximum Gasteiger partial charge on any atom is 0.321 e. The van der Waals surface area contributed by atoms with Gasteiger partial charge in [0.15, 0.2) is 0 Å². The monoisotopic (exact) mass is 344 g/mol. The molecular formula is C19H24N2O2S. The molecule has 5 heteroatoms. The second kappa shape index (κ2) is 7.81. The summed E-state index contributed by atoms with van der Waals surface area (Å²) in [5, 5.41) is 14.4. The van der Waals surface area contributed by atoms with E-state index in [9.17, 15) is 9.90 Å². The molecule has 0 radical (unpaired) electrons. The van der Waals surface area contributed by atoms with Gasteiger partial charge >= 0.3 is 6.03 Å². The Labute approximate surface area is 147 Å². The predicted molar refractivity (Wildman–Crippen MR) is 99.4 cm³/mol. The van der Waals surface area contributed by atoms with Gasteiger partial charge in [-0.15, -0.1) is 11.3 Å². The number of urea groups is 1. The smallest absolute Gasteiger partial charge is 0.321 e. The largest absolute Gasteiger partial charge is 0.396 e. The van der Waals surface area contributed by atoms with Gasteiger partial charge in [0.25, 0.3) is 0 Å². The van der Waals surface area contributed by atoms with Crippen molar-refractivity contribution < 1.29 is 9.90 Å². The molecule has 0 unspecified atom stereocenters. The summed E-state index contributed by atoms with van der Waals surface area (Å²) >= 11 is 1.67. The molecule has 2 amide bonds. The van der Waals surface area contributed by atoms with Crippen LogP contribution < -0.4 is 5.32 Å². The number of carbonyl (C=O) groups is 1. The van der Waals surface area contributed by atoms with E-state index in [1.807, 2.05) is 47.7 Å². The van der Waals surface area contributed by atoms with Gasteiger partial charge < -0.3 is 15.3 Å². The van der Waals surface area contributed by atoms with Gasteiger partial charge in [-0.2, -0.15) is 0 Å². The first kappa shape index (κ1) is 17.0. The van der Waals surface area contributed by atoms with Gasteiger partial charge in [-0.1, -0.05) is 24.3 Å². The zero-order valence-corrected chi connectivity index (χ0v) is 14.8. The average molecular weight is 344 g/mol. The molecule has 1 aromatic carbocycles. The van der Waals surface area contributed by atoms with Gasteiger partial charge in [0, 0.05) is 30.1 Å². The molecule has 4 nitrogen and oxygen atoms in total. The molecular weight excluding hydrogens is 320 g/mol. The Morgan fingerprint density at radius 1 is 1.21 bits per heavy atom. The molecule has 0 atom stereocenters. The lowest BCUT2D eigenvalue weighted by atomic mass is 9.86.